The van der Waals surface area contributed by atoms with E-state index in [4.69, 9.17) is 10.00 Å². The number of rotatable bonds is 4. The fourth-order valence-corrected chi connectivity index (χ4v) is 3.12. The molecule has 0 spiro atoms. The Kier molecular flexibility index (Phi) is 4.91. The van der Waals surface area contributed by atoms with Crippen LogP contribution in [0.1, 0.15) is 37.5 Å². The summed E-state index contributed by atoms with van der Waals surface area (Å²) in [5.41, 5.74) is 3.76. The van der Waals surface area contributed by atoms with E-state index in [0.29, 0.717) is 23.4 Å². The average Bonchev–Trinajstić information content (AvgIpc) is 2.64. The summed E-state index contributed by atoms with van der Waals surface area (Å²) in [4.78, 5) is 15.6. The van der Waals surface area contributed by atoms with Crippen LogP contribution in [0.4, 0.5) is 5.69 Å². The maximum absolute atomic E-state index is 12.6. The lowest BCUT2D eigenvalue weighted by atomic mass is 9.85. The van der Waals surface area contributed by atoms with Crippen LogP contribution < -0.4 is 15.6 Å². The minimum Gasteiger partial charge on any atom is -0.495 e. The number of nitrogens with one attached hydrogen (secondary N) is 2. The summed E-state index contributed by atoms with van der Waals surface area (Å²) in [6, 6.07) is 15.3. The van der Waals surface area contributed by atoms with Gasteiger partial charge in [-0.15, -0.1) is 0 Å². The van der Waals surface area contributed by atoms with E-state index in [1.165, 1.54) is 7.11 Å². The first-order valence-electron chi connectivity index (χ1n) is 8.81. The molecule has 0 atom stereocenters. The van der Waals surface area contributed by atoms with Crippen LogP contribution in [0.3, 0.4) is 0 Å². The molecule has 2 N–H and O–H groups in total. The third-order valence-corrected chi connectivity index (χ3v) is 4.57. The van der Waals surface area contributed by atoms with Crippen LogP contribution in [0, 0.1) is 11.3 Å². The molecule has 0 saturated heterocycles. The van der Waals surface area contributed by atoms with Crippen molar-refractivity contribution in [3.05, 3.63) is 69.5 Å². The average molecular weight is 361 g/mol. The van der Waals surface area contributed by atoms with Crippen LogP contribution in [0.5, 0.6) is 5.75 Å². The highest BCUT2D eigenvalue weighted by Gasteiger charge is 2.17. The maximum Gasteiger partial charge on any atom is 0.253 e. The normalized spacial score (nSPS) is 11.2. The van der Waals surface area contributed by atoms with Crippen LogP contribution in [0.15, 0.2) is 47.3 Å². The molecular weight excluding hydrogens is 338 g/mol. The third-order valence-electron chi connectivity index (χ3n) is 4.57. The molecule has 27 heavy (non-hydrogen) atoms. The molecule has 0 aliphatic heterocycles. The molecule has 138 valence electrons. The van der Waals surface area contributed by atoms with Crippen molar-refractivity contribution in [2.75, 3.05) is 12.4 Å². The highest BCUT2D eigenvalue weighted by Crippen LogP contribution is 2.28. The molecule has 0 saturated carbocycles. The summed E-state index contributed by atoms with van der Waals surface area (Å²) in [7, 11) is 1.53. The SMILES string of the molecule is COc1cc(NCc2cc3cccc(C(C)(C)C)c3[nH]c2=O)ccc1C#N. The van der Waals surface area contributed by atoms with E-state index in [1.54, 1.807) is 18.2 Å². The van der Waals surface area contributed by atoms with Gasteiger partial charge in [-0.05, 0) is 34.6 Å². The molecule has 0 aliphatic rings. The Hall–Kier alpha value is -3.26. The Morgan fingerprint density at radius 3 is 2.63 bits per heavy atom. The number of benzene rings is 2. The number of para-hydroxylation sites is 1. The molecule has 5 heteroatoms. The molecule has 5 nitrogen and oxygen atoms in total. The number of ether oxygens (including phenoxy) is 1. The van der Waals surface area contributed by atoms with Gasteiger partial charge in [0.2, 0.25) is 0 Å². The maximum atomic E-state index is 12.6. The van der Waals surface area contributed by atoms with E-state index in [9.17, 15) is 4.79 Å². The highest BCUT2D eigenvalue weighted by molar-refractivity contribution is 5.83. The summed E-state index contributed by atoms with van der Waals surface area (Å²) >= 11 is 0. The minimum absolute atomic E-state index is 0.0543. The van der Waals surface area contributed by atoms with Crippen LogP contribution >= 0.6 is 0 Å². The van der Waals surface area contributed by atoms with Crippen LogP contribution in [-0.4, -0.2) is 12.1 Å². The fourth-order valence-electron chi connectivity index (χ4n) is 3.12. The van der Waals surface area contributed by atoms with Crippen molar-refractivity contribution in [1.82, 2.24) is 4.98 Å². The molecule has 0 amide bonds. The van der Waals surface area contributed by atoms with E-state index in [0.717, 1.165) is 22.2 Å². The van der Waals surface area contributed by atoms with Crippen molar-refractivity contribution < 1.29 is 4.74 Å². The smallest absolute Gasteiger partial charge is 0.253 e. The molecule has 2 aromatic carbocycles. The Labute approximate surface area is 158 Å². The lowest BCUT2D eigenvalue weighted by Gasteiger charge is -2.21. The molecule has 0 bridgehead atoms. The van der Waals surface area contributed by atoms with Gasteiger partial charge in [0.1, 0.15) is 11.8 Å². The minimum atomic E-state index is -0.104. The van der Waals surface area contributed by atoms with E-state index in [-0.39, 0.29) is 11.0 Å². The van der Waals surface area contributed by atoms with Gasteiger partial charge in [-0.2, -0.15) is 5.26 Å². The molecule has 0 aliphatic carbocycles. The number of aromatic amines is 1. The van der Waals surface area contributed by atoms with Crippen molar-refractivity contribution >= 4 is 16.6 Å². The summed E-state index contributed by atoms with van der Waals surface area (Å²) in [5.74, 6) is 0.504. The van der Waals surface area contributed by atoms with E-state index in [1.807, 2.05) is 18.2 Å². The number of nitrogens with zero attached hydrogens (tertiary/aromatic N) is 1. The first kappa shape index (κ1) is 18.5. The van der Waals surface area contributed by atoms with Gasteiger partial charge in [0.15, 0.2) is 0 Å². The van der Waals surface area contributed by atoms with E-state index < -0.39 is 0 Å². The number of hydrogen-bond acceptors (Lipinski definition) is 4. The molecule has 0 unspecified atom stereocenters. The molecular formula is C22H23N3O2. The zero-order valence-corrected chi connectivity index (χ0v) is 16.0. The quantitative estimate of drug-likeness (QED) is 0.725. The topological polar surface area (TPSA) is 77.9 Å². The van der Waals surface area contributed by atoms with Crippen molar-refractivity contribution in [2.24, 2.45) is 0 Å². The highest BCUT2D eigenvalue weighted by atomic mass is 16.5. The van der Waals surface area contributed by atoms with Gasteiger partial charge in [0.25, 0.3) is 5.56 Å². The first-order valence-corrected chi connectivity index (χ1v) is 8.81. The zero-order valence-electron chi connectivity index (χ0n) is 16.0. The van der Waals surface area contributed by atoms with Gasteiger partial charge in [-0.25, -0.2) is 0 Å². The molecule has 0 radical (unpaired) electrons. The predicted octanol–water partition coefficient (Wildman–Crippen LogP) is 4.32. The predicted molar refractivity (Wildman–Crippen MR) is 108 cm³/mol. The number of H-pyrrole nitrogens is 1. The monoisotopic (exact) mass is 361 g/mol. The Balaban J connectivity index is 1.92. The second-order valence-corrected chi connectivity index (χ2v) is 7.52. The Morgan fingerprint density at radius 1 is 1.19 bits per heavy atom. The number of aromatic nitrogens is 1. The standard InChI is InChI=1S/C22H23N3O2/c1-22(2,3)18-7-5-6-14-10-16(21(26)25-20(14)18)13-24-17-9-8-15(12-23)19(11-17)27-4/h5-11,24H,13H2,1-4H3,(H,25,26). The molecule has 1 aromatic heterocycles. The largest absolute Gasteiger partial charge is 0.495 e. The lowest BCUT2D eigenvalue weighted by molar-refractivity contribution is 0.413. The van der Waals surface area contributed by atoms with Crippen molar-refractivity contribution in [3.63, 3.8) is 0 Å². The van der Waals surface area contributed by atoms with Gasteiger partial charge in [0, 0.05) is 23.9 Å². The second kappa shape index (κ2) is 7.16. The Morgan fingerprint density at radius 2 is 1.96 bits per heavy atom. The van der Waals surface area contributed by atoms with E-state index in [2.05, 4.69) is 43.2 Å². The van der Waals surface area contributed by atoms with Gasteiger partial charge in [0.05, 0.1) is 18.2 Å². The summed E-state index contributed by atoms with van der Waals surface area (Å²) in [5, 5.41) is 13.3. The van der Waals surface area contributed by atoms with Gasteiger partial charge in [-0.3, -0.25) is 4.79 Å². The number of nitriles is 1. The fraction of sp³-hybridized carbons (Fsp3) is 0.273. The van der Waals surface area contributed by atoms with Crippen molar-refractivity contribution in [2.45, 2.75) is 32.7 Å². The summed E-state index contributed by atoms with van der Waals surface area (Å²) in [6.45, 7) is 6.77. The second-order valence-electron chi connectivity index (χ2n) is 7.52. The van der Waals surface area contributed by atoms with E-state index >= 15 is 0 Å². The molecule has 1 heterocycles. The molecule has 3 aromatic rings. The van der Waals surface area contributed by atoms with Gasteiger partial charge in [-0.1, -0.05) is 39.0 Å². The third kappa shape index (κ3) is 3.80. The number of methoxy groups -OCH3 is 1. The van der Waals surface area contributed by atoms with Crippen LogP contribution in [-0.2, 0) is 12.0 Å². The van der Waals surface area contributed by atoms with Gasteiger partial charge < -0.3 is 15.0 Å². The van der Waals surface area contributed by atoms with Crippen LogP contribution in [0.25, 0.3) is 10.9 Å². The zero-order chi connectivity index (χ0) is 19.6. The number of hydrogen-bond donors (Lipinski definition) is 2. The number of fused-ring (bicyclic) bond motifs is 1. The van der Waals surface area contributed by atoms with Crippen molar-refractivity contribution in [3.8, 4) is 11.8 Å². The first-order chi connectivity index (χ1) is 12.8. The molecule has 3 rings (SSSR count). The van der Waals surface area contributed by atoms with Gasteiger partial charge >= 0.3 is 0 Å². The van der Waals surface area contributed by atoms with Crippen LogP contribution in [0.2, 0.25) is 0 Å². The summed E-state index contributed by atoms with van der Waals surface area (Å²) in [6.07, 6.45) is 0. The lowest BCUT2D eigenvalue weighted by Crippen LogP contribution is -2.19. The number of pyridine rings is 1. The van der Waals surface area contributed by atoms with Crippen molar-refractivity contribution in [1.29, 1.82) is 5.26 Å². The molecule has 0 fully saturated rings. The summed E-state index contributed by atoms with van der Waals surface area (Å²) < 4.78 is 5.22. The Bertz CT molecular complexity index is 1090. The number of anilines is 1.